The molecule has 10 heteroatoms. The lowest BCUT2D eigenvalue weighted by atomic mass is 9.90. The van der Waals surface area contributed by atoms with E-state index < -0.39 is 0 Å². The fourth-order valence-electron chi connectivity index (χ4n) is 5.52. The largest absolute Gasteiger partial charge is 0.348 e. The summed E-state index contributed by atoms with van der Waals surface area (Å²) in [6.07, 6.45) is 9.64. The summed E-state index contributed by atoms with van der Waals surface area (Å²) >= 11 is 12.3. The monoisotopic (exact) mass is 614 g/mol. The normalized spacial score (nSPS) is 14.5. The van der Waals surface area contributed by atoms with Crippen molar-refractivity contribution in [1.82, 2.24) is 30.2 Å². The Labute approximate surface area is 259 Å². The summed E-state index contributed by atoms with van der Waals surface area (Å²) < 4.78 is 13.4. The number of hydrogen-bond acceptors (Lipinski definition) is 5. The van der Waals surface area contributed by atoms with E-state index in [1.54, 1.807) is 12.1 Å². The lowest BCUT2D eigenvalue weighted by Crippen LogP contribution is -2.31. The van der Waals surface area contributed by atoms with E-state index in [0.717, 1.165) is 53.2 Å². The third kappa shape index (κ3) is 6.77. The van der Waals surface area contributed by atoms with Crippen LogP contribution in [-0.2, 0) is 26.1 Å². The van der Waals surface area contributed by atoms with E-state index >= 15 is 0 Å². The minimum Gasteiger partial charge on any atom is -0.348 e. The van der Waals surface area contributed by atoms with Crippen molar-refractivity contribution >= 4 is 29.1 Å². The minimum absolute atomic E-state index is 0.137. The molecule has 3 aromatic heterocycles. The van der Waals surface area contributed by atoms with Crippen molar-refractivity contribution in [2.45, 2.75) is 44.9 Å². The van der Waals surface area contributed by atoms with Gasteiger partial charge in [-0.2, -0.15) is 0 Å². The van der Waals surface area contributed by atoms with Crippen LogP contribution in [0.15, 0.2) is 85.5 Å². The van der Waals surface area contributed by atoms with Gasteiger partial charge in [-0.3, -0.25) is 19.7 Å². The standard InChI is InChI=1S/C33H29Cl2FN6O/c34-26-16-37-17-27(35)31(26)33(43)40-15-21-6-8-22(9-7-21)19-42(29-5-1-3-24-4-2-14-38-32(24)29)20-30-39-18-28(41-30)23-10-12-25(36)13-11-23/h2,4,6-14,16-18,29H,1,3,5,15,19-20H2,(H,39,41)(H,40,43). The van der Waals surface area contributed by atoms with Crippen molar-refractivity contribution < 1.29 is 9.18 Å². The topological polar surface area (TPSA) is 86.8 Å². The summed E-state index contributed by atoms with van der Waals surface area (Å²) in [5.41, 5.74) is 6.33. The van der Waals surface area contributed by atoms with Crippen LogP contribution in [0.1, 0.15) is 57.5 Å². The van der Waals surface area contributed by atoms with E-state index in [9.17, 15) is 9.18 Å². The van der Waals surface area contributed by atoms with Crippen LogP contribution >= 0.6 is 23.2 Å². The smallest absolute Gasteiger partial charge is 0.254 e. The molecule has 1 atom stereocenters. The second kappa shape index (κ2) is 13.0. The molecule has 218 valence electrons. The number of carbonyl (C=O) groups is 1. The van der Waals surface area contributed by atoms with Gasteiger partial charge in [0.15, 0.2) is 0 Å². The first-order chi connectivity index (χ1) is 20.9. The Kier molecular flexibility index (Phi) is 8.79. The third-order valence-electron chi connectivity index (χ3n) is 7.67. The minimum atomic E-state index is -0.352. The Morgan fingerprint density at radius 3 is 2.51 bits per heavy atom. The van der Waals surface area contributed by atoms with E-state index in [-0.39, 0.29) is 33.4 Å². The fourth-order valence-corrected chi connectivity index (χ4v) is 6.05. The number of imidazole rings is 1. The Bertz CT molecular complexity index is 1700. The van der Waals surface area contributed by atoms with Gasteiger partial charge in [-0.15, -0.1) is 0 Å². The van der Waals surface area contributed by atoms with Gasteiger partial charge in [0, 0.05) is 43.4 Å². The molecule has 7 nitrogen and oxygen atoms in total. The SMILES string of the molecule is O=C(NCc1ccc(CN(Cc2nc(-c3ccc(F)cc3)c[nH]2)C2CCCc3cccnc32)cc1)c1c(Cl)cncc1Cl. The van der Waals surface area contributed by atoms with Crippen LogP contribution in [0.2, 0.25) is 10.0 Å². The number of aromatic nitrogens is 4. The molecule has 1 aliphatic carbocycles. The molecule has 0 bridgehead atoms. The lowest BCUT2D eigenvalue weighted by molar-refractivity contribution is 0.0951. The molecule has 5 aromatic rings. The van der Waals surface area contributed by atoms with Gasteiger partial charge < -0.3 is 10.3 Å². The predicted molar refractivity (Wildman–Crippen MR) is 165 cm³/mol. The van der Waals surface area contributed by atoms with E-state index in [4.69, 9.17) is 33.2 Å². The number of carbonyl (C=O) groups excluding carboxylic acids is 1. The van der Waals surface area contributed by atoms with Crippen molar-refractivity contribution in [1.29, 1.82) is 0 Å². The fraction of sp³-hybridized carbons (Fsp3) is 0.212. The molecule has 0 saturated heterocycles. The number of aromatic amines is 1. The van der Waals surface area contributed by atoms with Gasteiger partial charge in [0.25, 0.3) is 5.91 Å². The number of aryl methyl sites for hydroxylation is 1. The molecule has 0 saturated carbocycles. The maximum absolute atomic E-state index is 13.4. The van der Waals surface area contributed by atoms with Crippen molar-refractivity contribution in [2.75, 3.05) is 0 Å². The number of H-pyrrole nitrogens is 1. The average Bonchev–Trinajstić information content (AvgIpc) is 3.49. The molecule has 0 aliphatic heterocycles. The molecule has 0 radical (unpaired) electrons. The average molecular weight is 616 g/mol. The number of pyridine rings is 2. The zero-order valence-electron chi connectivity index (χ0n) is 23.2. The molecule has 3 heterocycles. The van der Waals surface area contributed by atoms with E-state index in [1.165, 1.54) is 30.1 Å². The van der Waals surface area contributed by atoms with Crippen LogP contribution < -0.4 is 5.32 Å². The Balaban J connectivity index is 1.19. The van der Waals surface area contributed by atoms with Gasteiger partial charge in [0.05, 0.1) is 39.6 Å². The van der Waals surface area contributed by atoms with Crippen LogP contribution in [0.5, 0.6) is 0 Å². The van der Waals surface area contributed by atoms with Crippen molar-refractivity contribution in [3.05, 3.63) is 135 Å². The first-order valence-corrected chi connectivity index (χ1v) is 14.8. The van der Waals surface area contributed by atoms with E-state index in [1.807, 2.05) is 30.6 Å². The molecular weight excluding hydrogens is 586 g/mol. The molecule has 1 aliphatic rings. The van der Waals surface area contributed by atoms with Crippen molar-refractivity contribution in [3.63, 3.8) is 0 Å². The molecule has 43 heavy (non-hydrogen) atoms. The second-order valence-electron chi connectivity index (χ2n) is 10.6. The molecular formula is C33H29Cl2FN6O. The summed E-state index contributed by atoms with van der Waals surface area (Å²) in [6, 6.07) is 18.8. The van der Waals surface area contributed by atoms with Gasteiger partial charge in [0.1, 0.15) is 11.6 Å². The van der Waals surface area contributed by atoms with Gasteiger partial charge in [-0.25, -0.2) is 9.37 Å². The van der Waals surface area contributed by atoms with Crippen molar-refractivity contribution in [3.8, 4) is 11.3 Å². The maximum Gasteiger partial charge on any atom is 0.254 e. The quantitative estimate of drug-likeness (QED) is 0.182. The Hall–Kier alpha value is -4.11. The number of rotatable bonds is 9. The van der Waals surface area contributed by atoms with Crippen LogP contribution in [0.3, 0.4) is 0 Å². The number of hydrogen-bond donors (Lipinski definition) is 2. The highest BCUT2D eigenvalue weighted by Gasteiger charge is 2.28. The molecule has 1 amide bonds. The van der Waals surface area contributed by atoms with Crippen LogP contribution in [-0.4, -0.2) is 30.7 Å². The van der Waals surface area contributed by atoms with Gasteiger partial charge in [-0.05, 0) is 66.3 Å². The first kappa shape index (κ1) is 29.0. The molecule has 2 N–H and O–H groups in total. The maximum atomic E-state index is 13.4. The summed E-state index contributed by atoms with van der Waals surface area (Å²) in [7, 11) is 0. The zero-order valence-corrected chi connectivity index (χ0v) is 24.7. The lowest BCUT2D eigenvalue weighted by Gasteiger charge is -2.34. The van der Waals surface area contributed by atoms with Gasteiger partial charge in [0.2, 0.25) is 0 Å². The molecule has 6 rings (SSSR count). The molecule has 0 spiro atoms. The predicted octanol–water partition coefficient (Wildman–Crippen LogP) is 7.32. The highest BCUT2D eigenvalue weighted by atomic mass is 35.5. The summed E-state index contributed by atoms with van der Waals surface area (Å²) in [5.74, 6) is 0.204. The number of nitrogens with one attached hydrogen (secondary N) is 2. The number of amides is 1. The van der Waals surface area contributed by atoms with E-state index in [0.29, 0.717) is 19.6 Å². The van der Waals surface area contributed by atoms with Crippen LogP contribution in [0, 0.1) is 5.82 Å². The zero-order chi connectivity index (χ0) is 29.8. The third-order valence-corrected chi connectivity index (χ3v) is 8.25. The molecule has 2 aromatic carbocycles. The molecule has 0 fully saturated rings. The van der Waals surface area contributed by atoms with Crippen LogP contribution in [0.4, 0.5) is 4.39 Å². The number of fused-ring (bicyclic) bond motifs is 1. The number of halogens is 3. The molecule has 1 unspecified atom stereocenters. The number of benzene rings is 2. The van der Waals surface area contributed by atoms with Gasteiger partial charge in [-0.1, -0.05) is 53.5 Å². The summed E-state index contributed by atoms with van der Waals surface area (Å²) in [6.45, 7) is 1.60. The highest BCUT2D eigenvalue weighted by molar-refractivity contribution is 6.39. The Morgan fingerprint density at radius 1 is 1.00 bits per heavy atom. The second-order valence-corrected chi connectivity index (χ2v) is 11.4. The van der Waals surface area contributed by atoms with Crippen molar-refractivity contribution in [2.24, 2.45) is 0 Å². The first-order valence-electron chi connectivity index (χ1n) is 14.1. The van der Waals surface area contributed by atoms with Crippen LogP contribution in [0.25, 0.3) is 11.3 Å². The Morgan fingerprint density at radius 2 is 1.74 bits per heavy atom. The number of nitrogens with zero attached hydrogens (tertiary/aromatic N) is 4. The van der Waals surface area contributed by atoms with E-state index in [2.05, 4.69) is 38.4 Å². The summed E-state index contributed by atoms with van der Waals surface area (Å²) in [4.78, 5) is 31.9. The van der Waals surface area contributed by atoms with Gasteiger partial charge >= 0.3 is 0 Å². The summed E-state index contributed by atoms with van der Waals surface area (Å²) in [5, 5.41) is 3.30. The highest BCUT2D eigenvalue weighted by Crippen LogP contribution is 2.35.